The fraction of sp³-hybridized carbons (Fsp3) is 0.923. The van der Waals surface area contributed by atoms with E-state index in [9.17, 15) is 18.0 Å². The zero-order valence-electron chi connectivity index (χ0n) is 11.5. The molecule has 1 aliphatic rings. The highest BCUT2D eigenvalue weighted by Gasteiger charge is 2.43. The Morgan fingerprint density at radius 1 is 1.37 bits per heavy atom. The molecule has 0 aromatic heterocycles. The van der Waals surface area contributed by atoms with Gasteiger partial charge in [0.05, 0.1) is 11.3 Å². The third-order valence-corrected chi connectivity index (χ3v) is 4.25. The van der Waals surface area contributed by atoms with Crippen LogP contribution in [0.4, 0.5) is 13.2 Å². The van der Waals surface area contributed by atoms with Crippen LogP contribution >= 0.6 is 0 Å². The van der Waals surface area contributed by atoms with Crippen LogP contribution in [0, 0.1) is 11.3 Å². The summed E-state index contributed by atoms with van der Waals surface area (Å²) in [6.45, 7) is 3.79. The molecule has 19 heavy (non-hydrogen) atoms. The van der Waals surface area contributed by atoms with Crippen molar-refractivity contribution in [2.45, 2.75) is 58.2 Å². The minimum Gasteiger partial charge on any atom is -0.353 e. The van der Waals surface area contributed by atoms with Gasteiger partial charge in [0.25, 0.3) is 0 Å². The van der Waals surface area contributed by atoms with E-state index in [4.69, 9.17) is 5.73 Å². The van der Waals surface area contributed by atoms with Gasteiger partial charge in [-0.25, -0.2) is 0 Å². The van der Waals surface area contributed by atoms with E-state index >= 15 is 0 Å². The van der Waals surface area contributed by atoms with Crippen LogP contribution in [0.2, 0.25) is 0 Å². The van der Waals surface area contributed by atoms with E-state index in [1.54, 1.807) is 6.92 Å². The third-order valence-electron chi connectivity index (χ3n) is 4.25. The van der Waals surface area contributed by atoms with Gasteiger partial charge in [-0.15, -0.1) is 0 Å². The molecule has 112 valence electrons. The molecule has 0 heterocycles. The Kier molecular flexibility index (Phi) is 5.24. The van der Waals surface area contributed by atoms with Gasteiger partial charge >= 0.3 is 6.18 Å². The Hall–Kier alpha value is -0.780. The smallest absolute Gasteiger partial charge is 0.353 e. The zero-order chi connectivity index (χ0) is 14.7. The quantitative estimate of drug-likeness (QED) is 0.831. The first-order valence-electron chi connectivity index (χ1n) is 6.80. The number of rotatable bonds is 4. The number of hydrogen-bond acceptors (Lipinski definition) is 2. The van der Waals surface area contributed by atoms with E-state index < -0.39 is 17.5 Å². The molecule has 0 aliphatic heterocycles. The predicted octanol–water partition coefficient (Wildman–Crippen LogP) is 2.60. The Morgan fingerprint density at radius 2 is 2.00 bits per heavy atom. The highest BCUT2D eigenvalue weighted by atomic mass is 19.4. The summed E-state index contributed by atoms with van der Waals surface area (Å²) in [5.41, 5.74) is 4.89. The first-order valence-corrected chi connectivity index (χ1v) is 6.80. The van der Waals surface area contributed by atoms with Crippen molar-refractivity contribution < 1.29 is 18.0 Å². The SMILES string of the molecule is CCC(C)(CN)C(=O)NC1CCCC(C(F)(F)F)C1. The van der Waals surface area contributed by atoms with Gasteiger partial charge in [-0.2, -0.15) is 13.2 Å². The summed E-state index contributed by atoms with van der Waals surface area (Å²) in [5, 5.41) is 2.74. The van der Waals surface area contributed by atoms with Crippen LogP contribution in [0.5, 0.6) is 0 Å². The Bertz CT molecular complexity index is 314. The highest BCUT2D eigenvalue weighted by molar-refractivity contribution is 5.82. The lowest BCUT2D eigenvalue weighted by Gasteiger charge is -2.34. The van der Waals surface area contributed by atoms with Gasteiger partial charge in [0, 0.05) is 12.6 Å². The van der Waals surface area contributed by atoms with E-state index in [2.05, 4.69) is 5.32 Å². The fourth-order valence-corrected chi connectivity index (χ4v) is 2.38. The lowest BCUT2D eigenvalue weighted by molar-refractivity contribution is -0.184. The number of carbonyl (C=O) groups is 1. The molecule has 3 atom stereocenters. The van der Waals surface area contributed by atoms with Gasteiger partial charge in [-0.05, 0) is 32.6 Å². The minimum absolute atomic E-state index is 0.0143. The van der Waals surface area contributed by atoms with Gasteiger partial charge in [0.15, 0.2) is 0 Å². The second kappa shape index (κ2) is 6.11. The maximum absolute atomic E-state index is 12.7. The van der Waals surface area contributed by atoms with E-state index in [-0.39, 0.29) is 31.3 Å². The van der Waals surface area contributed by atoms with Crippen molar-refractivity contribution in [1.82, 2.24) is 5.32 Å². The molecule has 0 saturated heterocycles. The predicted molar refractivity (Wildman–Crippen MR) is 67.4 cm³/mol. The molecule has 1 saturated carbocycles. The van der Waals surface area contributed by atoms with E-state index in [1.165, 1.54) is 0 Å². The van der Waals surface area contributed by atoms with Crippen molar-refractivity contribution in [1.29, 1.82) is 0 Å². The van der Waals surface area contributed by atoms with Gasteiger partial charge < -0.3 is 11.1 Å². The average molecular weight is 280 g/mol. The fourth-order valence-electron chi connectivity index (χ4n) is 2.38. The number of alkyl halides is 3. The number of halogens is 3. The number of nitrogens with two attached hydrogens (primary N) is 1. The Labute approximate surface area is 112 Å². The van der Waals surface area contributed by atoms with Crippen molar-refractivity contribution in [2.24, 2.45) is 17.1 Å². The minimum atomic E-state index is -4.16. The molecule has 0 radical (unpaired) electrons. The molecule has 0 bridgehead atoms. The van der Waals surface area contributed by atoms with Crippen LogP contribution in [-0.2, 0) is 4.79 Å². The van der Waals surface area contributed by atoms with Crippen molar-refractivity contribution in [3.63, 3.8) is 0 Å². The summed E-state index contributed by atoms with van der Waals surface area (Å²) in [5.74, 6) is -1.53. The third kappa shape index (κ3) is 4.09. The molecule has 1 rings (SSSR count). The monoisotopic (exact) mass is 280 g/mol. The summed E-state index contributed by atoms with van der Waals surface area (Å²) in [4.78, 5) is 12.1. The molecule has 0 aromatic rings. The lowest BCUT2D eigenvalue weighted by atomic mass is 9.83. The van der Waals surface area contributed by atoms with Crippen molar-refractivity contribution in [3.8, 4) is 0 Å². The highest BCUT2D eigenvalue weighted by Crippen LogP contribution is 2.37. The summed E-state index contributed by atoms with van der Waals surface area (Å²) in [6.07, 6.45) is -2.32. The molecular weight excluding hydrogens is 257 g/mol. The molecule has 1 fully saturated rings. The number of nitrogens with one attached hydrogen (secondary N) is 1. The molecule has 3 unspecified atom stereocenters. The van der Waals surface area contributed by atoms with Gasteiger partial charge in [-0.1, -0.05) is 13.3 Å². The van der Waals surface area contributed by atoms with E-state index in [1.807, 2.05) is 6.92 Å². The first kappa shape index (κ1) is 16.3. The average Bonchev–Trinajstić information content (AvgIpc) is 2.37. The standard InChI is InChI=1S/C13H23F3N2O/c1-3-12(2,8-17)11(19)18-10-6-4-5-9(7-10)13(14,15)16/h9-10H,3-8,17H2,1-2H3,(H,18,19). The molecule has 0 aromatic carbocycles. The van der Waals surface area contributed by atoms with Crippen molar-refractivity contribution in [3.05, 3.63) is 0 Å². The Morgan fingerprint density at radius 3 is 2.47 bits per heavy atom. The van der Waals surface area contributed by atoms with Gasteiger partial charge in [0.2, 0.25) is 5.91 Å². The maximum atomic E-state index is 12.7. The number of carbonyl (C=O) groups excluding carboxylic acids is 1. The van der Waals surface area contributed by atoms with Crippen molar-refractivity contribution in [2.75, 3.05) is 6.54 Å². The largest absolute Gasteiger partial charge is 0.391 e. The molecule has 6 heteroatoms. The lowest BCUT2D eigenvalue weighted by Crippen LogP contribution is -2.49. The molecule has 3 N–H and O–H groups in total. The zero-order valence-corrected chi connectivity index (χ0v) is 11.5. The Balaban J connectivity index is 2.60. The normalized spacial score (nSPS) is 27.7. The van der Waals surface area contributed by atoms with E-state index in [0.29, 0.717) is 19.3 Å². The first-order chi connectivity index (χ1) is 8.73. The summed E-state index contributed by atoms with van der Waals surface area (Å²) < 4.78 is 38.1. The van der Waals surface area contributed by atoms with Crippen LogP contribution in [0.25, 0.3) is 0 Å². The van der Waals surface area contributed by atoms with Crippen LogP contribution in [0.1, 0.15) is 46.0 Å². The molecule has 1 amide bonds. The van der Waals surface area contributed by atoms with Crippen LogP contribution in [0.15, 0.2) is 0 Å². The topological polar surface area (TPSA) is 55.1 Å². The van der Waals surface area contributed by atoms with Crippen LogP contribution in [0.3, 0.4) is 0 Å². The molecule has 1 aliphatic carbocycles. The van der Waals surface area contributed by atoms with Crippen molar-refractivity contribution >= 4 is 5.91 Å². The summed E-state index contributed by atoms with van der Waals surface area (Å²) in [6, 6.07) is -0.384. The molecular formula is C13H23F3N2O. The number of hydrogen-bond donors (Lipinski definition) is 2. The molecule has 0 spiro atoms. The maximum Gasteiger partial charge on any atom is 0.391 e. The van der Waals surface area contributed by atoms with Gasteiger partial charge in [0.1, 0.15) is 0 Å². The summed E-state index contributed by atoms with van der Waals surface area (Å²) >= 11 is 0. The second-order valence-corrected chi connectivity index (χ2v) is 5.69. The van der Waals surface area contributed by atoms with E-state index in [0.717, 1.165) is 0 Å². The number of amides is 1. The molecule has 3 nitrogen and oxygen atoms in total. The summed E-state index contributed by atoms with van der Waals surface area (Å²) in [7, 11) is 0. The van der Waals surface area contributed by atoms with Crippen LogP contribution in [-0.4, -0.2) is 24.7 Å². The second-order valence-electron chi connectivity index (χ2n) is 5.69. The van der Waals surface area contributed by atoms with Crippen LogP contribution < -0.4 is 11.1 Å². The van der Waals surface area contributed by atoms with Gasteiger partial charge in [-0.3, -0.25) is 4.79 Å².